The number of nitrogens with two attached hydrogens (primary N) is 1. The van der Waals surface area contributed by atoms with Crippen LogP contribution in [0.3, 0.4) is 0 Å². The van der Waals surface area contributed by atoms with Crippen LogP contribution in [0, 0.1) is 0 Å². The number of nitrogens with zero attached hydrogens (tertiary/aromatic N) is 2. The first-order valence-electron chi connectivity index (χ1n) is 6.64. The van der Waals surface area contributed by atoms with Crippen LogP contribution in [0.25, 0.3) is 0 Å². The molecule has 1 fully saturated rings. The van der Waals surface area contributed by atoms with Gasteiger partial charge in [0.15, 0.2) is 0 Å². The van der Waals surface area contributed by atoms with E-state index in [1.54, 1.807) is 17.1 Å². The van der Waals surface area contributed by atoms with Crippen molar-refractivity contribution in [2.75, 3.05) is 6.54 Å². The molecule has 1 aliphatic rings. The molecular weight excluding hydrogens is 228 g/mol. The van der Waals surface area contributed by atoms with Gasteiger partial charge in [-0.2, -0.15) is 0 Å². The molecule has 0 spiro atoms. The Morgan fingerprint density at radius 1 is 1.44 bits per heavy atom. The third-order valence-electron chi connectivity index (χ3n) is 3.64. The quantitative estimate of drug-likeness (QED) is 0.792. The highest BCUT2D eigenvalue weighted by Crippen LogP contribution is 2.24. The molecule has 2 rings (SSSR count). The van der Waals surface area contributed by atoms with E-state index >= 15 is 0 Å². The van der Waals surface area contributed by atoms with Crippen LogP contribution in [0.15, 0.2) is 12.5 Å². The maximum Gasteiger partial charge on any atom is 0.271 e. The summed E-state index contributed by atoms with van der Waals surface area (Å²) in [7, 11) is 1.85. The van der Waals surface area contributed by atoms with Crippen molar-refractivity contribution in [3.63, 3.8) is 0 Å². The van der Waals surface area contributed by atoms with Gasteiger partial charge in [0.25, 0.3) is 5.91 Å². The predicted molar refractivity (Wildman–Crippen MR) is 70.2 cm³/mol. The van der Waals surface area contributed by atoms with E-state index in [1.165, 1.54) is 12.8 Å². The zero-order valence-electron chi connectivity index (χ0n) is 11.0. The SMILES string of the molecule is Cn1cnc(C(=O)NCC2(N)CCCCCC2)c1. The molecule has 5 heteroatoms. The van der Waals surface area contributed by atoms with E-state index in [0.29, 0.717) is 12.2 Å². The molecule has 0 aromatic carbocycles. The lowest BCUT2D eigenvalue weighted by molar-refractivity contribution is 0.0936. The minimum atomic E-state index is -0.235. The lowest BCUT2D eigenvalue weighted by atomic mass is 9.91. The Labute approximate surface area is 108 Å². The Hall–Kier alpha value is -1.36. The molecule has 1 heterocycles. The number of aryl methyl sites for hydroxylation is 1. The minimum Gasteiger partial charge on any atom is -0.349 e. The smallest absolute Gasteiger partial charge is 0.271 e. The van der Waals surface area contributed by atoms with Crippen molar-refractivity contribution in [2.45, 2.75) is 44.1 Å². The monoisotopic (exact) mass is 250 g/mol. The van der Waals surface area contributed by atoms with Gasteiger partial charge < -0.3 is 15.6 Å². The number of nitrogens with one attached hydrogen (secondary N) is 1. The number of amides is 1. The topological polar surface area (TPSA) is 72.9 Å². The molecule has 0 unspecified atom stereocenters. The van der Waals surface area contributed by atoms with Crippen molar-refractivity contribution in [1.82, 2.24) is 14.9 Å². The van der Waals surface area contributed by atoms with E-state index in [4.69, 9.17) is 5.73 Å². The molecule has 0 saturated heterocycles. The molecule has 1 saturated carbocycles. The molecule has 3 N–H and O–H groups in total. The Kier molecular flexibility index (Phi) is 4.01. The largest absolute Gasteiger partial charge is 0.349 e. The molecule has 1 aromatic heterocycles. The molecule has 1 aliphatic carbocycles. The second-order valence-corrected chi connectivity index (χ2v) is 5.38. The van der Waals surface area contributed by atoms with Gasteiger partial charge >= 0.3 is 0 Å². The average Bonchev–Trinajstić information content (AvgIpc) is 2.66. The van der Waals surface area contributed by atoms with E-state index in [1.807, 2.05) is 7.05 Å². The number of carbonyl (C=O) groups is 1. The number of hydrogen-bond acceptors (Lipinski definition) is 3. The predicted octanol–water partition coefficient (Wildman–Crippen LogP) is 1.20. The van der Waals surface area contributed by atoms with Crippen LogP contribution in [0.2, 0.25) is 0 Å². The highest BCUT2D eigenvalue weighted by atomic mass is 16.1. The summed E-state index contributed by atoms with van der Waals surface area (Å²) in [6, 6.07) is 0. The normalized spacial score (nSPS) is 19.2. The van der Waals surface area contributed by atoms with E-state index in [0.717, 1.165) is 25.7 Å². The van der Waals surface area contributed by atoms with Gasteiger partial charge in [0.2, 0.25) is 0 Å². The van der Waals surface area contributed by atoms with Gasteiger partial charge in [0, 0.05) is 25.3 Å². The maximum atomic E-state index is 11.9. The molecule has 100 valence electrons. The van der Waals surface area contributed by atoms with Gasteiger partial charge in [-0.25, -0.2) is 4.98 Å². The van der Waals surface area contributed by atoms with Crippen molar-refractivity contribution in [3.8, 4) is 0 Å². The number of aromatic nitrogens is 2. The molecule has 0 radical (unpaired) electrons. The number of imidazole rings is 1. The molecule has 0 bridgehead atoms. The van der Waals surface area contributed by atoms with Crippen LogP contribution in [0.1, 0.15) is 49.0 Å². The molecule has 1 aromatic rings. The van der Waals surface area contributed by atoms with Crippen molar-refractivity contribution >= 4 is 5.91 Å². The fourth-order valence-corrected chi connectivity index (χ4v) is 2.49. The van der Waals surface area contributed by atoms with Crippen LogP contribution in [-0.2, 0) is 7.05 Å². The van der Waals surface area contributed by atoms with Gasteiger partial charge in [0.1, 0.15) is 5.69 Å². The number of rotatable bonds is 3. The van der Waals surface area contributed by atoms with Gasteiger partial charge in [-0.15, -0.1) is 0 Å². The summed E-state index contributed by atoms with van der Waals surface area (Å²) in [6.45, 7) is 0.544. The zero-order chi connectivity index (χ0) is 13.0. The molecular formula is C13H22N4O. The summed E-state index contributed by atoms with van der Waals surface area (Å²) in [5, 5.41) is 2.91. The highest BCUT2D eigenvalue weighted by Gasteiger charge is 2.26. The third-order valence-corrected chi connectivity index (χ3v) is 3.64. The number of carbonyl (C=O) groups excluding carboxylic acids is 1. The standard InChI is InChI=1S/C13H22N4O/c1-17-8-11(16-10-17)12(18)15-9-13(14)6-4-2-3-5-7-13/h8,10H,2-7,9,14H2,1H3,(H,15,18). The molecule has 18 heavy (non-hydrogen) atoms. The number of hydrogen-bond donors (Lipinski definition) is 2. The van der Waals surface area contributed by atoms with Gasteiger partial charge in [-0.05, 0) is 12.8 Å². The first-order chi connectivity index (χ1) is 8.59. The Morgan fingerprint density at radius 3 is 2.67 bits per heavy atom. The Morgan fingerprint density at radius 2 is 2.11 bits per heavy atom. The van der Waals surface area contributed by atoms with Crippen LogP contribution in [0.5, 0.6) is 0 Å². The Bertz CT molecular complexity index is 405. The van der Waals surface area contributed by atoms with Crippen molar-refractivity contribution in [3.05, 3.63) is 18.2 Å². The zero-order valence-corrected chi connectivity index (χ0v) is 11.0. The maximum absolute atomic E-state index is 11.9. The van der Waals surface area contributed by atoms with E-state index in [-0.39, 0.29) is 11.4 Å². The first kappa shape index (κ1) is 13.1. The summed E-state index contributed by atoms with van der Waals surface area (Å²) in [5.74, 6) is -0.135. The summed E-state index contributed by atoms with van der Waals surface area (Å²) in [6.07, 6.45) is 10.2. The lowest BCUT2D eigenvalue weighted by Crippen LogP contribution is -2.49. The average molecular weight is 250 g/mol. The van der Waals surface area contributed by atoms with Gasteiger partial charge in [0.05, 0.1) is 6.33 Å². The van der Waals surface area contributed by atoms with Gasteiger partial charge in [-0.3, -0.25) is 4.79 Å². The van der Waals surface area contributed by atoms with E-state index < -0.39 is 0 Å². The lowest BCUT2D eigenvalue weighted by Gasteiger charge is -2.28. The minimum absolute atomic E-state index is 0.135. The summed E-state index contributed by atoms with van der Waals surface area (Å²) in [4.78, 5) is 15.9. The first-order valence-corrected chi connectivity index (χ1v) is 6.64. The van der Waals surface area contributed by atoms with Crippen molar-refractivity contribution < 1.29 is 4.79 Å². The third kappa shape index (κ3) is 3.32. The second kappa shape index (κ2) is 5.52. The highest BCUT2D eigenvalue weighted by molar-refractivity contribution is 5.92. The van der Waals surface area contributed by atoms with Crippen LogP contribution < -0.4 is 11.1 Å². The van der Waals surface area contributed by atoms with Crippen molar-refractivity contribution in [1.29, 1.82) is 0 Å². The molecule has 0 aliphatic heterocycles. The second-order valence-electron chi connectivity index (χ2n) is 5.38. The van der Waals surface area contributed by atoms with Crippen molar-refractivity contribution in [2.24, 2.45) is 12.8 Å². The fraction of sp³-hybridized carbons (Fsp3) is 0.692. The molecule has 0 atom stereocenters. The van der Waals surface area contributed by atoms with Crippen LogP contribution in [-0.4, -0.2) is 27.5 Å². The molecule has 5 nitrogen and oxygen atoms in total. The van der Waals surface area contributed by atoms with E-state index in [2.05, 4.69) is 10.3 Å². The fourth-order valence-electron chi connectivity index (χ4n) is 2.49. The summed E-state index contributed by atoms with van der Waals surface area (Å²) < 4.78 is 1.76. The molecule has 1 amide bonds. The van der Waals surface area contributed by atoms with Crippen LogP contribution >= 0.6 is 0 Å². The summed E-state index contributed by atoms with van der Waals surface area (Å²) >= 11 is 0. The Balaban J connectivity index is 1.88. The summed E-state index contributed by atoms with van der Waals surface area (Å²) in [5.41, 5.74) is 6.57. The van der Waals surface area contributed by atoms with E-state index in [9.17, 15) is 4.79 Å². The van der Waals surface area contributed by atoms with Crippen LogP contribution in [0.4, 0.5) is 0 Å². The van der Waals surface area contributed by atoms with Gasteiger partial charge in [-0.1, -0.05) is 25.7 Å².